The van der Waals surface area contributed by atoms with Gasteiger partial charge in [0.25, 0.3) is 0 Å². The molecule has 0 radical (unpaired) electrons. The third kappa shape index (κ3) is 3.50. The zero-order valence-electron chi connectivity index (χ0n) is 12.9. The molecule has 2 aromatic heterocycles. The number of hydrogen-bond donors (Lipinski definition) is 0. The van der Waals surface area contributed by atoms with Crippen LogP contribution in [0.1, 0.15) is 5.56 Å². The largest absolute Gasteiger partial charge is 0.212 e. The van der Waals surface area contributed by atoms with Gasteiger partial charge in [0.15, 0.2) is 5.65 Å². The quantitative estimate of drug-likeness (QED) is 0.480. The van der Waals surface area contributed by atoms with Gasteiger partial charge in [-0.25, -0.2) is 4.39 Å². The van der Waals surface area contributed by atoms with Crippen LogP contribution in [0.3, 0.4) is 0 Å². The summed E-state index contributed by atoms with van der Waals surface area (Å²) < 4.78 is 14.8. The highest BCUT2D eigenvalue weighted by atomic mass is 35.5. The van der Waals surface area contributed by atoms with E-state index in [-0.39, 0.29) is 5.82 Å². The van der Waals surface area contributed by atoms with Gasteiger partial charge in [-0.15, -0.1) is 10.2 Å². The normalized spacial score (nSPS) is 11.1. The third-order valence-electron chi connectivity index (χ3n) is 3.63. The Morgan fingerprint density at radius 2 is 1.84 bits per heavy atom. The first kappa shape index (κ1) is 16.1. The maximum atomic E-state index is 13.1. The summed E-state index contributed by atoms with van der Waals surface area (Å²) >= 11 is 7.55. The predicted molar refractivity (Wildman–Crippen MR) is 97.2 cm³/mol. The van der Waals surface area contributed by atoms with Gasteiger partial charge in [0.1, 0.15) is 5.82 Å². The van der Waals surface area contributed by atoms with Gasteiger partial charge in [-0.05, 0) is 54.1 Å². The second kappa shape index (κ2) is 6.82. The molecule has 2 heterocycles. The lowest BCUT2D eigenvalue weighted by atomic mass is 10.1. The zero-order chi connectivity index (χ0) is 17.2. The topological polar surface area (TPSA) is 43.1 Å². The molecule has 4 rings (SSSR count). The van der Waals surface area contributed by atoms with Crippen LogP contribution in [-0.2, 0) is 5.75 Å². The van der Waals surface area contributed by atoms with Crippen LogP contribution in [-0.4, -0.2) is 19.8 Å². The number of nitrogens with zero attached hydrogens (tertiary/aromatic N) is 4. The molecule has 0 bridgehead atoms. The maximum absolute atomic E-state index is 13.1. The second-order valence-corrected chi connectivity index (χ2v) is 6.78. The summed E-state index contributed by atoms with van der Waals surface area (Å²) in [7, 11) is 0. The molecule has 0 atom stereocenters. The van der Waals surface area contributed by atoms with E-state index in [4.69, 9.17) is 11.6 Å². The van der Waals surface area contributed by atoms with Crippen LogP contribution in [0.2, 0.25) is 5.02 Å². The smallest absolute Gasteiger partial charge is 0.207 e. The van der Waals surface area contributed by atoms with Gasteiger partial charge >= 0.3 is 0 Å². The van der Waals surface area contributed by atoms with Gasteiger partial charge in [0, 0.05) is 16.3 Å². The van der Waals surface area contributed by atoms with E-state index in [1.807, 2.05) is 36.4 Å². The molecular formula is C18H12ClFN4S. The van der Waals surface area contributed by atoms with Crippen LogP contribution in [0.5, 0.6) is 0 Å². The molecule has 0 spiro atoms. The van der Waals surface area contributed by atoms with Crippen LogP contribution in [0.25, 0.3) is 16.9 Å². The molecule has 0 saturated carbocycles. The van der Waals surface area contributed by atoms with Crippen LogP contribution in [0.4, 0.5) is 4.39 Å². The Morgan fingerprint density at radius 1 is 1.00 bits per heavy atom. The van der Waals surface area contributed by atoms with E-state index in [9.17, 15) is 4.39 Å². The summed E-state index contributed by atoms with van der Waals surface area (Å²) in [6, 6.07) is 17.6. The molecule has 0 unspecified atom stereocenters. The van der Waals surface area contributed by atoms with Crippen molar-refractivity contribution in [2.24, 2.45) is 0 Å². The highest BCUT2D eigenvalue weighted by Crippen LogP contribution is 2.24. The van der Waals surface area contributed by atoms with E-state index >= 15 is 0 Å². The minimum atomic E-state index is -0.271. The Morgan fingerprint density at radius 3 is 2.64 bits per heavy atom. The predicted octanol–water partition coefficient (Wildman–Crippen LogP) is 4.88. The molecule has 25 heavy (non-hydrogen) atoms. The van der Waals surface area contributed by atoms with Crippen LogP contribution < -0.4 is 0 Å². The Kier molecular flexibility index (Phi) is 4.38. The highest BCUT2D eigenvalue weighted by Gasteiger charge is 2.10. The summed E-state index contributed by atoms with van der Waals surface area (Å²) in [6.07, 6.45) is 0. The molecule has 0 N–H and O–H groups in total. The summed E-state index contributed by atoms with van der Waals surface area (Å²) in [5.74, 6) is 0.441. The van der Waals surface area contributed by atoms with E-state index in [0.717, 1.165) is 16.8 Å². The Balaban J connectivity index is 1.63. The Bertz CT molecular complexity index is 1030. The first-order chi connectivity index (χ1) is 12.2. The van der Waals surface area contributed by atoms with Crippen LogP contribution in [0, 0.1) is 5.82 Å². The molecule has 7 heteroatoms. The lowest BCUT2D eigenvalue weighted by Crippen LogP contribution is -1.96. The van der Waals surface area contributed by atoms with Crippen molar-refractivity contribution in [1.29, 1.82) is 0 Å². The van der Waals surface area contributed by atoms with E-state index in [0.29, 0.717) is 21.6 Å². The first-order valence-electron chi connectivity index (χ1n) is 7.55. The van der Waals surface area contributed by atoms with E-state index < -0.39 is 0 Å². The lowest BCUT2D eigenvalue weighted by molar-refractivity contribution is 0.628. The number of thioether (sulfide) groups is 1. The number of rotatable bonds is 4. The van der Waals surface area contributed by atoms with Crippen molar-refractivity contribution in [3.63, 3.8) is 0 Å². The summed E-state index contributed by atoms with van der Waals surface area (Å²) in [5.41, 5.74) is 3.34. The van der Waals surface area contributed by atoms with Crippen molar-refractivity contribution in [2.75, 3.05) is 0 Å². The fourth-order valence-electron chi connectivity index (χ4n) is 2.41. The molecule has 0 aliphatic heterocycles. The highest BCUT2D eigenvalue weighted by molar-refractivity contribution is 7.98. The number of aromatic nitrogens is 4. The van der Waals surface area contributed by atoms with Gasteiger partial charge in [-0.2, -0.15) is 9.61 Å². The van der Waals surface area contributed by atoms with E-state index in [2.05, 4.69) is 15.3 Å². The number of hydrogen-bond acceptors (Lipinski definition) is 4. The number of fused-ring (bicyclic) bond motifs is 1. The van der Waals surface area contributed by atoms with Crippen LogP contribution in [0.15, 0.2) is 65.8 Å². The first-order valence-corrected chi connectivity index (χ1v) is 8.91. The van der Waals surface area contributed by atoms with Crippen molar-refractivity contribution in [3.05, 3.63) is 77.1 Å². The zero-order valence-corrected chi connectivity index (χ0v) is 14.5. The van der Waals surface area contributed by atoms with Crippen molar-refractivity contribution in [3.8, 4) is 11.3 Å². The number of benzene rings is 2. The Hall–Kier alpha value is -2.44. The minimum absolute atomic E-state index is 0.271. The van der Waals surface area contributed by atoms with Crippen molar-refractivity contribution in [1.82, 2.24) is 19.8 Å². The molecule has 124 valence electrons. The molecule has 0 aliphatic rings. The molecular weight excluding hydrogens is 359 g/mol. The maximum Gasteiger partial charge on any atom is 0.212 e. The van der Waals surface area contributed by atoms with Crippen molar-refractivity contribution in [2.45, 2.75) is 10.9 Å². The van der Waals surface area contributed by atoms with Gasteiger partial charge in [0.05, 0.1) is 5.69 Å². The fraction of sp³-hybridized carbons (Fsp3) is 0.0556. The molecule has 0 aliphatic carbocycles. The SMILES string of the molecule is Fc1ccc(-c2ccc3nnc(SCc4cccc(Cl)c4)n3n2)cc1. The number of halogens is 2. The van der Waals surface area contributed by atoms with Gasteiger partial charge in [-0.3, -0.25) is 0 Å². The molecule has 0 fully saturated rings. The molecule has 4 nitrogen and oxygen atoms in total. The molecule has 4 aromatic rings. The summed E-state index contributed by atoms with van der Waals surface area (Å²) in [5, 5.41) is 14.3. The van der Waals surface area contributed by atoms with Gasteiger partial charge < -0.3 is 0 Å². The minimum Gasteiger partial charge on any atom is -0.207 e. The summed E-state index contributed by atoms with van der Waals surface area (Å²) in [4.78, 5) is 0. The van der Waals surface area contributed by atoms with E-state index in [1.165, 1.54) is 23.9 Å². The monoisotopic (exact) mass is 370 g/mol. The van der Waals surface area contributed by atoms with Crippen LogP contribution >= 0.6 is 23.4 Å². The molecule has 0 saturated heterocycles. The average Bonchev–Trinajstić information content (AvgIpc) is 3.03. The summed E-state index contributed by atoms with van der Waals surface area (Å²) in [6.45, 7) is 0. The Labute approximate surface area is 152 Å². The third-order valence-corrected chi connectivity index (χ3v) is 4.86. The van der Waals surface area contributed by atoms with Crippen molar-refractivity contribution < 1.29 is 4.39 Å². The molecule has 2 aromatic carbocycles. The van der Waals surface area contributed by atoms with E-state index in [1.54, 1.807) is 16.6 Å². The van der Waals surface area contributed by atoms with Gasteiger partial charge in [-0.1, -0.05) is 35.5 Å². The second-order valence-electron chi connectivity index (χ2n) is 5.40. The van der Waals surface area contributed by atoms with Gasteiger partial charge in [0.2, 0.25) is 5.16 Å². The fourth-order valence-corrected chi connectivity index (χ4v) is 3.45. The standard InChI is InChI=1S/C18H12ClFN4S/c19-14-3-1-2-12(10-14)11-25-18-22-21-17-9-8-16(23-24(17)18)13-4-6-15(20)7-5-13/h1-10H,11H2. The lowest BCUT2D eigenvalue weighted by Gasteiger charge is -2.04. The molecule has 0 amide bonds. The average molecular weight is 371 g/mol. The van der Waals surface area contributed by atoms with Crippen molar-refractivity contribution >= 4 is 29.0 Å².